The molecule has 0 radical (unpaired) electrons. The number of halogens is 2. The van der Waals surface area contributed by atoms with E-state index in [0.29, 0.717) is 17.5 Å². The van der Waals surface area contributed by atoms with Crippen LogP contribution in [0.1, 0.15) is 17.2 Å². The molecule has 1 aromatic heterocycles. The number of allylic oxidation sites excluding steroid dienone is 1. The predicted octanol–water partition coefficient (Wildman–Crippen LogP) is 3.22. The largest absolute Gasteiger partial charge is 0.351 e. The van der Waals surface area contributed by atoms with Crippen LogP contribution >= 0.6 is 11.6 Å². The van der Waals surface area contributed by atoms with Crippen molar-refractivity contribution in [2.75, 3.05) is 18.0 Å². The monoisotopic (exact) mass is 424 g/mol. The fraction of sp³-hybridized carbons (Fsp3) is 0.143. The molecule has 152 valence electrons. The van der Waals surface area contributed by atoms with Crippen molar-refractivity contribution < 1.29 is 9.18 Å². The molecule has 1 N–H and O–H groups in total. The number of aromatic nitrogens is 4. The second-order valence-electron chi connectivity index (χ2n) is 6.66. The maximum atomic E-state index is 13.4. The average Bonchev–Trinajstić information content (AvgIpc) is 3.24. The summed E-state index contributed by atoms with van der Waals surface area (Å²) in [7, 11) is 0. The van der Waals surface area contributed by atoms with Crippen LogP contribution in [-0.4, -0.2) is 39.2 Å². The number of nitrogens with zero attached hydrogens (tertiary/aromatic N) is 5. The molecule has 9 heteroatoms. The Morgan fingerprint density at radius 3 is 2.63 bits per heavy atom. The van der Waals surface area contributed by atoms with Gasteiger partial charge in [-0.3, -0.25) is 9.69 Å². The molecule has 0 saturated heterocycles. The molecule has 0 spiro atoms. The lowest BCUT2D eigenvalue weighted by Gasteiger charge is -2.32. The maximum Gasteiger partial charge on any atom is 0.251 e. The van der Waals surface area contributed by atoms with Crippen LogP contribution in [0.2, 0.25) is 5.02 Å². The predicted molar refractivity (Wildman–Crippen MR) is 112 cm³/mol. The van der Waals surface area contributed by atoms with Gasteiger partial charge in [0.1, 0.15) is 18.4 Å². The van der Waals surface area contributed by atoms with Crippen LogP contribution in [0.4, 0.5) is 10.3 Å². The van der Waals surface area contributed by atoms with Gasteiger partial charge in [-0.1, -0.05) is 47.0 Å². The third kappa shape index (κ3) is 3.95. The Labute approximate surface area is 177 Å². The van der Waals surface area contributed by atoms with Crippen molar-refractivity contribution in [2.45, 2.75) is 6.04 Å². The molecular formula is C21H18ClFN6O. The normalized spacial score (nSPS) is 15.3. The van der Waals surface area contributed by atoms with E-state index in [2.05, 4.69) is 27.4 Å². The molecule has 30 heavy (non-hydrogen) atoms. The lowest BCUT2D eigenvalue weighted by Crippen LogP contribution is -2.40. The van der Waals surface area contributed by atoms with E-state index < -0.39 is 0 Å². The summed E-state index contributed by atoms with van der Waals surface area (Å²) < 4.78 is 15.0. The molecule has 1 aliphatic rings. The summed E-state index contributed by atoms with van der Waals surface area (Å²) in [5.74, 6) is -0.121. The first kappa shape index (κ1) is 19.8. The summed E-state index contributed by atoms with van der Waals surface area (Å²) in [4.78, 5) is 14.2. The van der Waals surface area contributed by atoms with Crippen molar-refractivity contribution in [3.8, 4) is 0 Å². The van der Waals surface area contributed by atoms with Crippen LogP contribution in [0, 0.1) is 5.82 Å². The van der Waals surface area contributed by atoms with Crippen molar-refractivity contribution in [2.24, 2.45) is 0 Å². The van der Waals surface area contributed by atoms with Gasteiger partial charge in [0.15, 0.2) is 0 Å². The average molecular weight is 425 g/mol. The van der Waals surface area contributed by atoms with Crippen LogP contribution < -0.4 is 10.2 Å². The number of rotatable bonds is 6. The second-order valence-corrected chi connectivity index (χ2v) is 7.09. The standard InChI is InChI=1S/C21H18ClFN6O/c1-2-11-24-20(30)13-28-18(14-3-7-16(22)8-4-14)12-19(29-21(28)25-26-27-29)15-5-9-17(23)10-6-15/h2-10,12,19H,1,11,13H2,(H,24,30)/t19-/m0/s1. The summed E-state index contributed by atoms with van der Waals surface area (Å²) in [5, 5.41) is 15.4. The minimum atomic E-state index is -0.367. The molecular weight excluding hydrogens is 407 g/mol. The molecule has 0 fully saturated rings. The van der Waals surface area contributed by atoms with Crippen molar-refractivity contribution in [1.29, 1.82) is 0 Å². The Morgan fingerprint density at radius 2 is 1.93 bits per heavy atom. The van der Waals surface area contributed by atoms with Gasteiger partial charge >= 0.3 is 0 Å². The van der Waals surface area contributed by atoms with Gasteiger partial charge in [0.05, 0.1) is 5.70 Å². The van der Waals surface area contributed by atoms with Crippen molar-refractivity contribution in [3.05, 3.63) is 89.2 Å². The topological polar surface area (TPSA) is 75.9 Å². The van der Waals surface area contributed by atoms with Gasteiger partial charge in [0, 0.05) is 11.6 Å². The van der Waals surface area contributed by atoms with E-state index in [0.717, 1.165) is 16.8 Å². The van der Waals surface area contributed by atoms with Crippen LogP contribution in [0.5, 0.6) is 0 Å². The number of benzene rings is 2. The Balaban J connectivity index is 1.79. The van der Waals surface area contributed by atoms with Gasteiger partial charge in [-0.15, -0.1) is 6.58 Å². The highest BCUT2D eigenvalue weighted by Gasteiger charge is 2.31. The number of carbonyl (C=O) groups excluding carboxylic acids is 1. The zero-order valence-corrected chi connectivity index (χ0v) is 16.6. The van der Waals surface area contributed by atoms with E-state index in [9.17, 15) is 9.18 Å². The number of nitrogens with one attached hydrogen (secondary N) is 1. The fourth-order valence-corrected chi connectivity index (χ4v) is 3.40. The Bertz CT molecular complexity index is 1090. The van der Waals surface area contributed by atoms with Gasteiger partial charge in [-0.25, -0.2) is 4.39 Å². The number of hydrogen-bond acceptors (Lipinski definition) is 5. The number of amides is 1. The van der Waals surface area contributed by atoms with E-state index in [1.807, 2.05) is 18.2 Å². The van der Waals surface area contributed by atoms with Gasteiger partial charge in [0.25, 0.3) is 5.95 Å². The highest BCUT2D eigenvalue weighted by atomic mass is 35.5. The first-order valence-corrected chi connectivity index (χ1v) is 9.61. The van der Waals surface area contributed by atoms with Gasteiger partial charge in [0.2, 0.25) is 5.91 Å². The zero-order chi connectivity index (χ0) is 21.1. The number of fused-ring (bicyclic) bond motifs is 1. The smallest absolute Gasteiger partial charge is 0.251 e. The summed E-state index contributed by atoms with van der Waals surface area (Å²) >= 11 is 6.05. The summed E-state index contributed by atoms with van der Waals surface area (Å²) in [5.41, 5.74) is 2.40. The molecule has 4 rings (SSSR count). The lowest BCUT2D eigenvalue weighted by atomic mass is 10.0. The molecule has 7 nitrogen and oxygen atoms in total. The van der Waals surface area contributed by atoms with E-state index >= 15 is 0 Å². The van der Waals surface area contributed by atoms with Crippen LogP contribution in [-0.2, 0) is 4.79 Å². The summed E-state index contributed by atoms with van der Waals surface area (Å²) in [6.45, 7) is 3.98. The van der Waals surface area contributed by atoms with E-state index in [1.54, 1.807) is 39.9 Å². The SMILES string of the molecule is C=CCNC(=O)CN1C(c2ccc(Cl)cc2)=C[C@@H](c2ccc(F)cc2)n2nnnc21. The van der Waals surface area contributed by atoms with Crippen LogP contribution in [0.25, 0.3) is 5.70 Å². The molecule has 0 bridgehead atoms. The third-order valence-electron chi connectivity index (χ3n) is 4.68. The quantitative estimate of drug-likeness (QED) is 0.615. The number of tetrazole rings is 1. The van der Waals surface area contributed by atoms with E-state index in [1.165, 1.54) is 12.1 Å². The van der Waals surface area contributed by atoms with Gasteiger partial charge < -0.3 is 5.32 Å². The first-order valence-electron chi connectivity index (χ1n) is 9.23. The van der Waals surface area contributed by atoms with Crippen molar-refractivity contribution >= 4 is 29.2 Å². The highest BCUT2D eigenvalue weighted by Crippen LogP contribution is 2.36. The van der Waals surface area contributed by atoms with Crippen molar-refractivity contribution in [3.63, 3.8) is 0 Å². The van der Waals surface area contributed by atoms with Crippen molar-refractivity contribution in [1.82, 2.24) is 25.5 Å². The maximum absolute atomic E-state index is 13.4. The summed E-state index contributed by atoms with van der Waals surface area (Å²) in [6.07, 6.45) is 3.55. The molecule has 2 aromatic carbocycles. The van der Waals surface area contributed by atoms with E-state index in [4.69, 9.17) is 11.6 Å². The molecule has 1 amide bonds. The fourth-order valence-electron chi connectivity index (χ4n) is 3.28. The minimum absolute atomic E-state index is 0.0127. The summed E-state index contributed by atoms with van der Waals surface area (Å²) in [6, 6.07) is 13.1. The second kappa shape index (κ2) is 8.46. The van der Waals surface area contributed by atoms with Gasteiger partial charge in [-0.2, -0.15) is 4.68 Å². The number of anilines is 1. The molecule has 1 aliphatic heterocycles. The zero-order valence-electron chi connectivity index (χ0n) is 15.9. The molecule has 3 aromatic rings. The minimum Gasteiger partial charge on any atom is -0.351 e. The van der Waals surface area contributed by atoms with Gasteiger partial charge in [-0.05, 0) is 51.9 Å². The highest BCUT2D eigenvalue weighted by molar-refractivity contribution is 6.30. The lowest BCUT2D eigenvalue weighted by molar-refractivity contribution is -0.119. The first-order chi connectivity index (χ1) is 14.6. The van der Waals surface area contributed by atoms with Crippen LogP contribution in [0.15, 0.2) is 67.3 Å². The third-order valence-corrected chi connectivity index (χ3v) is 4.94. The Morgan fingerprint density at radius 1 is 1.20 bits per heavy atom. The molecule has 1 atom stereocenters. The Kier molecular flexibility index (Phi) is 5.58. The molecule has 0 saturated carbocycles. The number of carbonyl (C=O) groups is 1. The number of hydrogen-bond donors (Lipinski definition) is 1. The van der Waals surface area contributed by atoms with Crippen LogP contribution in [0.3, 0.4) is 0 Å². The molecule has 0 unspecified atom stereocenters. The van der Waals surface area contributed by atoms with E-state index in [-0.39, 0.29) is 24.3 Å². The Hall–Kier alpha value is -3.52. The molecule has 2 heterocycles. The molecule has 0 aliphatic carbocycles.